The summed E-state index contributed by atoms with van der Waals surface area (Å²) in [7, 11) is 0. The molecule has 84 heavy (non-hydrogen) atoms. The summed E-state index contributed by atoms with van der Waals surface area (Å²) in [5.41, 5.74) is -1.19. The van der Waals surface area contributed by atoms with Crippen LogP contribution >= 0.6 is 0 Å². The summed E-state index contributed by atoms with van der Waals surface area (Å²) >= 11 is 0. The van der Waals surface area contributed by atoms with Gasteiger partial charge in [-0.3, -0.25) is 57.5 Å². The first kappa shape index (κ1) is 69.7. The number of carbonyl (C=O) groups is 12. The fraction of sp³-hybridized carbons (Fsp3) is 0.765. The van der Waals surface area contributed by atoms with E-state index in [0.29, 0.717) is 0 Å². The van der Waals surface area contributed by atoms with Crippen molar-refractivity contribution in [3.05, 3.63) is 0 Å². The number of halogens is 1. The van der Waals surface area contributed by atoms with E-state index in [1.165, 1.54) is 20.8 Å². The highest BCUT2D eigenvalue weighted by Gasteiger charge is 2.59. The van der Waals surface area contributed by atoms with Gasteiger partial charge in [0.2, 0.25) is 11.8 Å². The molecule has 0 aliphatic carbocycles. The van der Waals surface area contributed by atoms with Crippen LogP contribution in [-0.4, -0.2) is 226 Å². The van der Waals surface area contributed by atoms with Gasteiger partial charge in [-0.1, -0.05) is 0 Å². The standard InChI is InChI=1S/C51H73FN2O30/c1-19(55)53-35-41(84-49-45(78-29(11)65)43(76-27(9)63)39(73-24(6)60)32(82-49)16-69-22(4)58)37(72-23(5)59)31(79-46(35)66)17-70-47-36(54-20(2)56)42(75-26(8)62)38(33(81-47)18-71-50(67)51(12,13)14)83-48-44(77-28(10)64)40(74-25(7)61)34(52)30(80-48)15-68-21(3)57/h30-49,66H,15-18H2,1-14H3,(H,53,55)(H,54,56)/t30-,31-,32-,33-,34+,35-,36-,37+,38-,39+,40+,41-,42-,43+,44-,45-,46+,47-,48+,49+/m1/s1. The maximum Gasteiger partial charge on any atom is 0.311 e. The second-order valence-electron chi connectivity index (χ2n) is 20.6. The molecule has 20 atom stereocenters. The van der Waals surface area contributed by atoms with E-state index < -0.39 is 226 Å². The van der Waals surface area contributed by atoms with Crippen LogP contribution in [0.5, 0.6) is 0 Å². The number of hydrogen-bond acceptors (Lipinski definition) is 30. The van der Waals surface area contributed by atoms with Gasteiger partial charge in [-0.25, -0.2) is 4.39 Å². The Morgan fingerprint density at radius 1 is 0.393 bits per heavy atom. The fourth-order valence-electron chi connectivity index (χ4n) is 9.12. The predicted molar refractivity (Wildman–Crippen MR) is 265 cm³/mol. The molecule has 0 radical (unpaired) electrons. The Morgan fingerprint density at radius 3 is 1.23 bits per heavy atom. The third-order valence-corrected chi connectivity index (χ3v) is 12.2. The SMILES string of the molecule is CC(=O)N[C@@H]1[C@@H](O[C@@H]2O[C@H](COC(C)=O)[C@H](OC(C)=O)[C@H](OC(C)=O)[C@H]2OC(C)=O)[C@@H](OC(C)=O)[C@@H](CO[C@@H]2O[C@H](COC(=O)C(C)(C)C)[C@@H](O[C@@H]3O[C@H](COC(C)=O)[C@H](F)[C@H](OC(C)=O)[C@H]3OC(C)=O)[C@H](OC(C)=O)[C@H]2NC(C)=O)O[C@@H]1O. The topological polar surface area (TPSA) is 406 Å². The zero-order chi connectivity index (χ0) is 63.2. The number of carbonyl (C=O) groups excluding carboxylic acids is 12. The molecule has 0 unspecified atom stereocenters. The number of hydrogen-bond donors (Lipinski definition) is 3. The van der Waals surface area contributed by atoms with Crippen molar-refractivity contribution in [2.24, 2.45) is 5.41 Å². The molecule has 0 saturated carbocycles. The van der Waals surface area contributed by atoms with Gasteiger partial charge in [-0.2, -0.15) is 0 Å². The molecule has 0 aromatic carbocycles. The van der Waals surface area contributed by atoms with Crippen LogP contribution in [0.2, 0.25) is 0 Å². The van der Waals surface area contributed by atoms with Crippen molar-refractivity contribution in [3.8, 4) is 0 Å². The highest BCUT2D eigenvalue weighted by Crippen LogP contribution is 2.38. The zero-order valence-corrected chi connectivity index (χ0v) is 48.5. The summed E-state index contributed by atoms with van der Waals surface area (Å²) in [5, 5.41) is 16.7. The Morgan fingerprint density at radius 2 is 0.750 bits per heavy atom. The Bertz CT molecular complexity index is 2400. The van der Waals surface area contributed by atoms with Crippen LogP contribution in [0.3, 0.4) is 0 Å². The molecule has 32 nitrogen and oxygen atoms in total. The van der Waals surface area contributed by atoms with Crippen molar-refractivity contribution >= 4 is 71.5 Å². The summed E-state index contributed by atoms with van der Waals surface area (Å²) in [5.74, 6) is -11.6. The van der Waals surface area contributed by atoms with Crippen molar-refractivity contribution < 1.29 is 148 Å². The Balaban J connectivity index is 1.89. The van der Waals surface area contributed by atoms with E-state index in [9.17, 15) is 62.6 Å². The lowest BCUT2D eigenvalue weighted by Crippen LogP contribution is -2.70. The number of amides is 2. The van der Waals surface area contributed by atoms with Crippen molar-refractivity contribution in [2.75, 3.05) is 26.4 Å². The van der Waals surface area contributed by atoms with E-state index in [2.05, 4.69) is 10.6 Å². The second-order valence-corrected chi connectivity index (χ2v) is 20.6. The van der Waals surface area contributed by atoms with E-state index in [4.69, 9.17) is 80.5 Å². The van der Waals surface area contributed by atoms with Crippen molar-refractivity contribution in [3.63, 3.8) is 0 Å². The molecule has 4 fully saturated rings. The number of alkyl halides is 1. The Kier molecular flexibility index (Phi) is 25.6. The van der Waals surface area contributed by atoms with Crippen LogP contribution in [0.4, 0.5) is 4.39 Å². The zero-order valence-electron chi connectivity index (χ0n) is 48.5. The van der Waals surface area contributed by atoms with Gasteiger partial charge in [-0.15, -0.1) is 0 Å². The van der Waals surface area contributed by atoms with Crippen molar-refractivity contribution in [1.29, 1.82) is 0 Å². The molecule has 0 aromatic heterocycles. The average Bonchev–Trinajstić information content (AvgIpc) is 1.27. The number of rotatable bonds is 22. The Hall–Kier alpha value is -6.75. The largest absolute Gasteiger partial charge is 0.463 e. The first-order valence-corrected chi connectivity index (χ1v) is 26.1. The van der Waals surface area contributed by atoms with Crippen LogP contribution in [0.1, 0.15) is 96.9 Å². The van der Waals surface area contributed by atoms with Crippen molar-refractivity contribution in [1.82, 2.24) is 10.6 Å². The smallest absolute Gasteiger partial charge is 0.311 e. The van der Waals surface area contributed by atoms with Crippen LogP contribution in [0.25, 0.3) is 0 Å². The van der Waals surface area contributed by atoms with E-state index in [0.717, 1.165) is 76.2 Å². The number of nitrogens with one attached hydrogen (secondary N) is 2. The van der Waals surface area contributed by atoms with Gasteiger partial charge in [0.05, 0.1) is 12.0 Å². The molecular formula is C51H73FN2O30. The molecular weight excluding hydrogens is 1140 g/mol. The summed E-state index contributed by atoms with van der Waals surface area (Å²) in [6, 6.07) is -3.52. The fourth-order valence-corrected chi connectivity index (χ4v) is 9.12. The molecule has 0 spiro atoms. The van der Waals surface area contributed by atoms with Crippen LogP contribution < -0.4 is 10.6 Å². The van der Waals surface area contributed by atoms with Crippen LogP contribution in [0.15, 0.2) is 0 Å². The normalized spacial score (nSPS) is 33.0. The maximum atomic E-state index is 16.3. The molecule has 4 aliphatic rings. The number of esters is 10. The first-order chi connectivity index (χ1) is 39.1. The minimum atomic E-state index is -2.36. The van der Waals surface area contributed by atoms with E-state index in [-0.39, 0.29) is 0 Å². The molecule has 4 saturated heterocycles. The quantitative estimate of drug-likeness (QED) is 0.0799. The average molecular weight is 1210 g/mol. The second kappa shape index (κ2) is 30.9. The molecule has 474 valence electrons. The minimum Gasteiger partial charge on any atom is -0.463 e. The van der Waals surface area contributed by atoms with Gasteiger partial charge in [-0.05, 0) is 20.8 Å². The van der Waals surface area contributed by atoms with E-state index >= 15 is 4.39 Å². The number of ether oxygens (including phenoxy) is 17. The molecule has 3 N–H and O–H groups in total. The maximum absolute atomic E-state index is 16.3. The molecule has 33 heteroatoms. The lowest BCUT2D eigenvalue weighted by molar-refractivity contribution is -0.355. The molecule has 0 bridgehead atoms. The summed E-state index contributed by atoms with van der Waals surface area (Å²) < 4.78 is 114. The lowest BCUT2D eigenvalue weighted by Gasteiger charge is -2.50. The van der Waals surface area contributed by atoms with E-state index in [1.54, 1.807) is 0 Å². The number of aliphatic hydroxyl groups excluding tert-OH is 1. The summed E-state index contributed by atoms with van der Waals surface area (Å²) in [4.78, 5) is 152. The minimum absolute atomic E-state index is 0.718. The van der Waals surface area contributed by atoms with Crippen molar-refractivity contribution in [2.45, 2.75) is 220 Å². The molecule has 2 amide bonds. The van der Waals surface area contributed by atoms with Gasteiger partial charge in [0.1, 0.15) is 68.5 Å². The van der Waals surface area contributed by atoms with Gasteiger partial charge in [0, 0.05) is 76.2 Å². The van der Waals surface area contributed by atoms with Gasteiger partial charge in [0.15, 0.2) is 74.1 Å². The van der Waals surface area contributed by atoms with Crippen LogP contribution in [-0.2, 0) is 138 Å². The molecule has 4 heterocycles. The summed E-state index contributed by atoms with van der Waals surface area (Å²) in [6.45, 7) is 11.9. The van der Waals surface area contributed by atoms with E-state index in [1.807, 2.05) is 0 Å². The van der Waals surface area contributed by atoms with Gasteiger partial charge in [0.25, 0.3) is 0 Å². The monoisotopic (exact) mass is 1210 g/mol. The summed E-state index contributed by atoms with van der Waals surface area (Å²) in [6.07, 6.45) is -34.4. The predicted octanol–water partition coefficient (Wildman–Crippen LogP) is -1.75. The highest BCUT2D eigenvalue weighted by molar-refractivity contribution is 5.76. The highest BCUT2D eigenvalue weighted by atomic mass is 19.1. The van der Waals surface area contributed by atoms with Crippen LogP contribution in [0, 0.1) is 5.41 Å². The number of aliphatic hydroxyl groups is 1. The van der Waals surface area contributed by atoms with Gasteiger partial charge < -0.3 is 96.3 Å². The lowest BCUT2D eigenvalue weighted by atomic mass is 9.94. The molecule has 4 rings (SSSR count). The third kappa shape index (κ3) is 20.2. The molecule has 4 aliphatic heterocycles. The molecule has 0 aromatic rings. The first-order valence-electron chi connectivity index (χ1n) is 26.1. The van der Waals surface area contributed by atoms with Gasteiger partial charge >= 0.3 is 59.7 Å². The third-order valence-electron chi connectivity index (χ3n) is 12.2. The Labute approximate surface area is 480 Å².